The van der Waals surface area contributed by atoms with Crippen molar-refractivity contribution >= 4 is 12.5 Å². The monoisotopic (exact) mass is 289 g/mol. The summed E-state index contributed by atoms with van der Waals surface area (Å²) in [5.41, 5.74) is 3.17. The minimum atomic E-state index is -0.219. The molecule has 0 aromatic heterocycles. The van der Waals surface area contributed by atoms with Gasteiger partial charge >= 0.3 is 7.05 Å². The van der Waals surface area contributed by atoms with E-state index in [0.29, 0.717) is 13.2 Å². The molecular weight excluding hydrogens is 265 g/mol. The summed E-state index contributed by atoms with van der Waals surface area (Å²) in [5, 5.41) is 3.58. The lowest BCUT2D eigenvalue weighted by molar-refractivity contribution is -0.0441. The maximum atomic E-state index is 6.22. The molecule has 0 atom stereocenters. The summed E-state index contributed by atoms with van der Waals surface area (Å²) in [6, 6.07) is 6.32. The fraction of sp³-hybridized carbons (Fsp3) is 0.625. The van der Waals surface area contributed by atoms with Gasteiger partial charge in [0.15, 0.2) is 6.29 Å². The molecule has 0 spiro atoms. The van der Waals surface area contributed by atoms with Gasteiger partial charge in [-0.1, -0.05) is 23.8 Å². The molecule has 5 heteroatoms. The van der Waals surface area contributed by atoms with E-state index in [0.717, 1.165) is 5.56 Å². The number of ether oxygens (including phenoxy) is 2. The Morgan fingerprint density at radius 1 is 1.14 bits per heavy atom. The summed E-state index contributed by atoms with van der Waals surface area (Å²) >= 11 is 0. The smallest absolute Gasteiger partial charge is 0.411 e. The van der Waals surface area contributed by atoms with Crippen LogP contribution in [0.2, 0.25) is 0 Å². The third kappa shape index (κ3) is 2.64. The van der Waals surface area contributed by atoms with Crippen molar-refractivity contribution in [1.29, 1.82) is 0 Å². The zero-order chi connectivity index (χ0) is 15.3. The van der Waals surface area contributed by atoms with Crippen LogP contribution in [-0.2, 0) is 14.1 Å². The van der Waals surface area contributed by atoms with Crippen molar-refractivity contribution < 1.29 is 14.1 Å². The molecule has 2 heterocycles. The maximum absolute atomic E-state index is 6.22. The van der Waals surface area contributed by atoms with Crippen molar-refractivity contribution in [2.75, 3.05) is 13.2 Å². The Hall–Kier alpha value is -0.875. The minimum absolute atomic E-state index is 0.0690. The van der Waals surface area contributed by atoms with E-state index in [4.69, 9.17) is 14.1 Å². The second kappa shape index (κ2) is 5.09. The molecule has 0 radical (unpaired) electrons. The van der Waals surface area contributed by atoms with Crippen LogP contribution in [0.15, 0.2) is 18.2 Å². The predicted octanol–water partition coefficient (Wildman–Crippen LogP) is 1.91. The molecule has 2 saturated heterocycles. The zero-order valence-corrected chi connectivity index (χ0v) is 13.5. The summed E-state index contributed by atoms with van der Waals surface area (Å²) < 4.78 is 17.3. The minimum Gasteiger partial charge on any atom is -0.411 e. The van der Waals surface area contributed by atoms with Gasteiger partial charge in [0.1, 0.15) is 0 Å². The first kappa shape index (κ1) is 15.0. The largest absolute Gasteiger partial charge is 0.417 e. The molecule has 4 nitrogen and oxygen atoms in total. The Balaban J connectivity index is 1.84. The molecule has 1 aromatic rings. The van der Waals surface area contributed by atoms with Crippen LogP contribution < -0.4 is 10.7 Å². The average molecular weight is 289 g/mol. The fourth-order valence-electron chi connectivity index (χ4n) is 2.80. The standard InChI is InChI=1S/C16H24BNO3/c1-11-10-12(14-19-8-9-20-14)6-7-13(11)17-18-15(2,3)16(4,5)21-17/h6-7,10,14,18H,8-9H2,1-5H3. The molecule has 2 aliphatic rings. The molecule has 0 amide bonds. The Morgan fingerprint density at radius 2 is 1.81 bits per heavy atom. The highest BCUT2D eigenvalue weighted by atomic mass is 16.7. The van der Waals surface area contributed by atoms with E-state index >= 15 is 0 Å². The quantitative estimate of drug-likeness (QED) is 0.844. The van der Waals surface area contributed by atoms with Crippen molar-refractivity contribution in [2.45, 2.75) is 52.0 Å². The van der Waals surface area contributed by atoms with Crippen molar-refractivity contribution in [1.82, 2.24) is 5.23 Å². The molecule has 2 fully saturated rings. The predicted molar refractivity (Wildman–Crippen MR) is 83.6 cm³/mol. The SMILES string of the molecule is Cc1cc(C2OCCO2)ccc1B1NC(C)(C)C(C)(C)O1. The lowest BCUT2D eigenvalue weighted by Crippen LogP contribution is -2.52. The third-order valence-corrected chi connectivity index (χ3v) is 4.88. The first-order chi connectivity index (χ1) is 9.80. The number of aryl methyl sites for hydroxylation is 1. The molecule has 0 unspecified atom stereocenters. The first-order valence-electron chi connectivity index (χ1n) is 7.59. The molecule has 21 heavy (non-hydrogen) atoms. The van der Waals surface area contributed by atoms with E-state index < -0.39 is 0 Å². The van der Waals surface area contributed by atoms with Gasteiger partial charge in [0.25, 0.3) is 0 Å². The molecule has 1 aromatic carbocycles. The summed E-state index contributed by atoms with van der Waals surface area (Å²) in [7, 11) is -0.0746. The molecule has 0 saturated carbocycles. The van der Waals surface area contributed by atoms with Gasteiger partial charge < -0.3 is 19.4 Å². The molecule has 114 valence electrons. The van der Waals surface area contributed by atoms with Gasteiger partial charge in [-0.25, -0.2) is 0 Å². The van der Waals surface area contributed by atoms with Gasteiger partial charge in [0, 0.05) is 11.1 Å². The normalized spacial score (nSPS) is 24.7. The fourth-order valence-corrected chi connectivity index (χ4v) is 2.80. The molecule has 0 aliphatic carbocycles. The number of hydrogen-bond donors (Lipinski definition) is 1. The summed E-state index contributed by atoms with van der Waals surface area (Å²) in [5.74, 6) is 0. The molecule has 0 bridgehead atoms. The van der Waals surface area contributed by atoms with E-state index in [-0.39, 0.29) is 24.5 Å². The van der Waals surface area contributed by atoms with Crippen LogP contribution in [0, 0.1) is 6.92 Å². The highest BCUT2D eigenvalue weighted by molar-refractivity contribution is 6.66. The molecular formula is C16H24BNO3. The Kier molecular flexibility index (Phi) is 3.65. The highest BCUT2D eigenvalue weighted by Crippen LogP contribution is 2.32. The van der Waals surface area contributed by atoms with Crippen molar-refractivity contribution in [3.8, 4) is 0 Å². The second-order valence-corrected chi connectivity index (χ2v) is 6.97. The van der Waals surface area contributed by atoms with E-state index in [1.165, 1.54) is 11.0 Å². The number of benzene rings is 1. The second-order valence-electron chi connectivity index (χ2n) is 6.97. The summed E-state index contributed by atoms with van der Waals surface area (Å²) in [6.07, 6.45) is -0.219. The highest BCUT2D eigenvalue weighted by Gasteiger charge is 2.50. The number of nitrogens with one attached hydrogen (secondary N) is 1. The first-order valence-corrected chi connectivity index (χ1v) is 7.59. The van der Waals surface area contributed by atoms with Gasteiger partial charge in [-0.05, 0) is 40.1 Å². The van der Waals surface area contributed by atoms with Gasteiger partial charge in [-0.15, -0.1) is 0 Å². The van der Waals surface area contributed by atoms with E-state index in [2.05, 4.69) is 58.0 Å². The van der Waals surface area contributed by atoms with Crippen LogP contribution in [0.4, 0.5) is 0 Å². The summed E-state index contributed by atoms with van der Waals surface area (Å²) in [6.45, 7) is 12.1. The topological polar surface area (TPSA) is 39.7 Å². The van der Waals surface area contributed by atoms with Crippen molar-refractivity contribution in [3.63, 3.8) is 0 Å². The van der Waals surface area contributed by atoms with Crippen LogP contribution in [-0.4, -0.2) is 31.4 Å². The lowest BCUT2D eigenvalue weighted by atomic mass is 9.70. The summed E-state index contributed by atoms with van der Waals surface area (Å²) in [4.78, 5) is 0. The third-order valence-electron chi connectivity index (χ3n) is 4.88. The zero-order valence-electron chi connectivity index (χ0n) is 13.5. The van der Waals surface area contributed by atoms with E-state index in [1.807, 2.05) is 0 Å². The maximum Gasteiger partial charge on any atom is 0.417 e. The van der Waals surface area contributed by atoms with Gasteiger partial charge in [0.2, 0.25) is 0 Å². The Morgan fingerprint density at radius 3 is 2.33 bits per heavy atom. The van der Waals surface area contributed by atoms with Crippen molar-refractivity contribution in [3.05, 3.63) is 29.3 Å². The average Bonchev–Trinajstić information content (AvgIpc) is 2.96. The van der Waals surface area contributed by atoms with Crippen LogP contribution in [0.5, 0.6) is 0 Å². The van der Waals surface area contributed by atoms with Crippen LogP contribution in [0.3, 0.4) is 0 Å². The van der Waals surface area contributed by atoms with E-state index in [9.17, 15) is 0 Å². The van der Waals surface area contributed by atoms with Gasteiger partial charge in [0.05, 0.1) is 18.8 Å². The van der Waals surface area contributed by atoms with Crippen LogP contribution >= 0.6 is 0 Å². The number of rotatable bonds is 2. The van der Waals surface area contributed by atoms with Gasteiger partial charge in [-0.2, -0.15) is 0 Å². The lowest BCUT2D eigenvalue weighted by Gasteiger charge is -2.33. The van der Waals surface area contributed by atoms with E-state index in [1.54, 1.807) is 0 Å². The Labute approximate surface area is 127 Å². The number of hydrogen-bond acceptors (Lipinski definition) is 4. The van der Waals surface area contributed by atoms with Crippen molar-refractivity contribution in [2.24, 2.45) is 0 Å². The van der Waals surface area contributed by atoms with Crippen LogP contribution in [0.1, 0.15) is 45.1 Å². The van der Waals surface area contributed by atoms with Gasteiger partial charge in [-0.3, -0.25) is 0 Å². The molecule has 2 aliphatic heterocycles. The molecule has 3 rings (SSSR count). The molecule has 1 N–H and O–H groups in total. The Bertz CT molecular complexity index is 522. The van der Waals surface area contributed by atoms with Crippen LogP contribution in [0.25, 0.3) is 0 Å².